The molecular formula is C18H20N4O3. The van der Waals surface area contributed by atoms with Crippen molar-refractivity contribution in [1.82, 2.24) is 15.1 Å². The number of hydrogen-bond donors (Lipinski definition) is 1. The second-order valence-electron chi connectivity index (χ2n) is 6.42. The summed E-state index contributed by atoms with van der Waals surface area (Å²) < 4.78 is 5.72. The van der Waals surface area contributed by atoms with E-state index in [-0.39, 0.29) is 18.4 Å². The zero-order valence-corrected chi connectivity index (χ0v) is 14.0. The Morgan fingerprint density at radius 2 is 2.12 bits per heavy atom. The van der Waals surface area contributed by atoms with Gasteiger partial charge in [-0.2, -0.15) is 5.10 Å². The number of ether oxygens (including phenoxy) is 1. The number of fused-ring (bicyclic) bond motifs is 1. The molecule has 0 saturated carbocycles. The molecule has 0 radical (unpaired) electrons. The Morgan fingerprint density at radius 3 is 2.92 bits per heavy atom. The van der Waals surface area contributed by atoms with Gasteiger partial charge in [0.05, 0.1) is 23.6 Å². The number of benzene rings is 1. The molecule has 25 heavy (non-hydrogen) atoms. The van der Waals surface area contributed by atoms with Crippen LogP contribution in [0.2, 0.25) is 0 Å². The average Bonchev–Trinajstić information content (AvgIpc) is 3.12. The Morgan fingerprint density at radius 1 is 1.32 bits per heavy atom. The van der Waals surface area contributed by atoms with Crippen molar-refractivity contribution in [2.75, 3.05) is 25.1 Å². The summed E-state index contributed by atoms with van der Waals surface area (Å²) in [4.78, 5) is 28.8. The molecule has 0 spiro atoms. The van der Waals surface area contributed by atoms with Crippen molar-refractivity contribution in [2.45, 2.75) is 25.0 Å². The number of aryl methyl sites for hydroxylation is 1. The minimum Gasteiger partial charge on any atom is -0.356 e. The van der Waals surface area contributed by atoms with E-state index in [2.05, 4.69) is 10.2 Å². The maximum Gasteiger partial charge on any atom is 0.258 e. The van der Waals surface area contributed by atoms with Gasteiger partial charge in [-0.1, -0.05) is 30.3 Å². The molecule has 0 unspecified atom stereocenters. The first-order valence-electron chi connectivity index (χ1n) is 8.42. The highest BCUT2D eigenvalue weighted by Gasteiger charge is 2.42. The molecule has 4 rings (SSSR count). The van der Waals surface area contributed by atoms with Crippen molar-refractivity contribution in [2.24, 2.45) is 0 Å². The van der Waals surface area contributed by atoms with Gasteiger partial charge in [-0.15, -0.1) is 0 Å². The van der Waals surface area contributed by atoms with E-state index in [9.17, 15) is 9.59 Å². The van der Waals surface area contributed by atoms with Crippen LogP contribution in [0.15, 0.2) is 36.5 Å². The predicted octanol–water partition coefficient (Wildman–Crippen LogP) is 1.29. The zero-order chi connectivity index (χ0) is 17.4. The number of aromatic nitrogens is 2. The summed E-state index contributed by atoms with van der Waals surface area (Å²) in [6.07, 6.45) is 2.71. The third-order valence-electron chi connectivity index (χ3n) is 4.93. The smallest absolute Gasteiger partial charge is 0.258 e. The lowest BCUT2D eigenvalue weighted by atomic mass is 9.96. The first-order chi connectivity index (χ1) is 12.2. The van der Waals surface area contributed by atoms with Crippen LogP contribution < -0.4 is 4.90 Å². The number of morpholine rings is 1. The zero-order valence-electron chi connectivity index (χ0n) is 14.0. The Kier molecular flexibility index (Phi) is 4.01. The number of H-pyrrole nitrogens is 1. The van der Waals surface area contributed by atoms with Crippen molar-refractivity contribution in [3.63, 3.8) is 0 Å². The molecule has 0 aliphatic carbocycles. The number of likely N-dealkylation sites (N-methyl/N-ethyl adjacent to an activating group) is 1. The summed E-state index contributed by atoms with van der Waals surface area (Å²) >= 11 is 0. The molecule has 1 fully saturated rings. The van der Waals surface area contributed by atoms with E-state index >= 15 is 0 Å². The number of nitrogens with zero attached hydrogens (tertiary/aromatic N) is 3. The minimum absolute atomic E-state index is 0.0810. The second kappa shape index (κ2) is 6.33. The van der Waals surface area contributed by atoms with Crippen LogP contribution in [-0.2, 0) is 20.7 Å². The van der Waals surface area contributed by atoms with Gasteiger partial charge in [-0.05, 0) is 18.4 Å². The lowest BCUT2D eigenvalue weighted by molar-refractivity contribution is -0.161. The highest BCUT2D eigenvalue weighted by Crippen LogP contribution is 2.33. The fourth-order valence-electron chi connectivity index (χ4n) is 3.61. The van der Waals surface area contributed by atoms with Gasteiger partial charge < -0.3 is 14.5 Å². The van der Waals surface area contributed by atoms with Gasteiger partial charge in [-0.3, -0.25) is 14.7 Å². The normalized spacial score (nSPS) is 23.5. The second-order valence-corrected chi connectivity index (χ2v) is 6.42. The van der Waals surface area contributed by atoms with E-state index < -0.39 is 12.1 Å². The summed E-state index contributed by atoms with van der Waals surface area (Å²) in [7, 11) is 1.72. The lowest BCUT2D eigenvalue weighted by Gasteiger charge is -2.40. The fourth-order valence-corrected chi connectivity index (χ4v) is 3.61. The lowest BCUT2D eigenvalue weighted by Crippen LogP contribution is -2.54. The molecule has 1 aromatic carbocycles. The molecule has 2 atom stereocenters. The van der Waals surface area contributed by atoms with Gasteiger partial charge >= 0.3 is 0 Å². The highest BCUT2D eigenvalue weighted by atomic mass is 16.5. The molecule has 3 heterocycles. The quantitative estimate of drug-likeness (QED) is 0.893. The van der Waals surface area contributed by atoms with Gasteiger partial charge in [0.15, 0.2) is 6.10 Å². The van der Waals surface area contributed by atoms with E-state index in [4.69, 9.17) is 4.74 Å². The first-order valence-corrected chi connectivity index (χ1v) is 8.42. The molecule has 2 amide bonds. The molecular weight excluding hydrogens is 320 g/mol. The maximum atomic E-state index is 13.3. The van der Waals surface area contributed by atoms with E-state index in [0.717, 1.165) is 29.8 Å². The van der Waals surface area contributed by atoms with Crippen molar-refractivity contribution < 1.29 is 14.3 Å². The summed E-state index contributed by atoms with van der Waals surface area (Å²) in [5, 5.41) is 7.02. The number of anilines is 1. The van der Waals surface area contributed by atoms with Crippen LogP contribution in [0, 0.1) is 0 Å². The summed E-state index contributed by atoms with van der Waals surface area (Å²) in [5.74, 6) is -0.254. The Hall–Kier alpha value is -2.67. The van der Waals surface area contributed by atoms with E-state index in [0.29, 0.717) is 6.54 Å². The van der Waals surface area contributed by atoms with Crippen LogP contribution in [0.25, 0.3) is 0 Å². The standard InChI is InChI=1S/C18H20N4O3/c1-21-15(23)11-25-17(16(21)12-6-3-2-4-7-12)18(24)22-9-5-8-13-14(22)10-19-20-13/h2-4,6-7,10,16-17H,5,8-9,11H2,1H3,(H,19,20)/t16-,17-/m0/s1. The largest absolute Gasteiger partial charge is 0.356 e. The molecule has 0 bridgehead atoms. The van der Waals surface area contributed by atoms with Crippen LogP contribution in [0.3, 0.4) is 0 Å². The number of nitrogens with one attached hydrogen (secondary N) is 1. The third kappa shape index (κ3) is 2.70. The number of rotatable bonds is 2. The third-order valence-corrected chi connectivity index (χ3v) is 4.93. The van der Waals surface area contributed by atoms with Gasteiger partial charge in [0.1, 0.15) is 6.61 Å². The van der Waals surface area contributed by atoms with Gasteiger partial charge in [-0.25, -0.2) is 0 Å². The Bertz CT molecular complexity index is 789. The van der Waals surface area contributed by atoms with Crippen LogP contribution in [0.5, 0.6) is 0 Å². The highest BCUT2D eigenvalue weighted by molar-refractivity contribution is 5.99. The molecule has 2 aromatic rings. The van der Waals surface area contributed by atoms with E-state index in [1.807, 2.05) is 30.3 Å². The molecule has 1 aromatic heterocycles. The summed E-state index contributed by atoms with van der Waals surface area (Å²) in [6, 6.07) is 9.12. The minimum atomic E-state index is -0.731. The van der Waals surface area contributed by atoms with Crippen LogP contribution >= 0.6 is 0 Å². The van der Waals surface area contributed by atoms with Crippen LogP contribution in [-0.4, -0.2) is 53.2 Å². The van der Waals surface area contributed by atoms with Crippen LogP contribution in [0.1, 0.15) is 23.7 Å². The number of amides is 2. The van der Waals surface area contributed by atoms with Gasteiger partial charge in [0, 0.05) is 13.6 Å². The van der Waals surface area contributed by atoms with Crippen molar-refractivity contribution >= 4 is 17.5 Å². The van der Waals surface area contributed by atoms with E-state index in [1.165, 1.54) is 0 Å². The number of carbonyl (C=O) groups excluding carboxylic acids is 2. The van der Waals surface area contributed by atoms with Crippen molar-refractivity contribution in [3.8, 4) is 0 Å². The first kappa shape index (κ1) is 15.8. The van der Waals surface area contributed by atoms with E-state index in [1.54, 1.807) is 23.0 Å². The van der Waals surface area contributed by atoms with Crippen molar-refractivity contribution in [1.29, 1.82) is 0 Å². The molecule has 7 heteroatoms. The molecule has 1 N–H and O–H groups in total. The maximum absolute atomic E-state index is 13.3. The number of carbonyl (C=O) groups is 2. The Labute approximate surface area is 145 Å². The monoisotopic (exact) mass is 340 g/mol. The predicted molar refractivity (Wildman–Crippen MR) is 91.0 cm³/mol. The van der Waals surface area contributed by atoms with Crippen molar-refractivity contribution in [3.05, 3.63) is 47.8 Å². The molecule has 7 nitrogen and oxygen atoms in total. The topological polar surface area (TPSA) is 78.5 Å². The summed E-state index contributed by atoms with van der Waals surface area (Å²) in [6.45, 7) is 0.548. The summed E-state index contributed by atoms with van der Waals surface area (Å²) in [5.41, 5.74) is 2.67. The Balaban J connectivity index is 1.68. The molecule has 1 saturated heterocycles. The van der Waals surface area contributed by atoms with Crippen LogP contribution in [0.4, 0.5) is 5.69 Å². The number of aromatic amines is 1. The fraction of sp³-hybridized carbons (Fsp3) is 0.389. The van der Waals surface area contributed by atoms with Gasteiger partial charge in [0.2, 0.25) is 5.91 Å². The SMILES string of the molecule is CN1C(=O)CO[C@H](C(=O)N2CCCc3[nH]ncc32)[C@@H]1c1ccccc1. The van der Waals surface area contributed by atoms with Gasteiger partial charge in [0.25, 0.3) is 5.91 Å². The molecule has 130 valence electrons. The molecule has 2 aliphatic heterocycles. The average molecular weight is 340 g/mol. The number of hydrogen-bond acceptors (Lipinski definition) is 4. The molecule has 2 aliphatic rings.